The molecule has 17 heteroatoms. The Hall–Kier alpha value is -5.58. The number of ether oxygens (including phenoxy) is 2. The highest BCUT2D eigenvalue weighted by molar-refractivity contribution is 6.30. The number of nitrogens with two attached hydrogens (primary N) is 2. The first-order valence-corrected chi connectivity index (χ1v) is 45.4. The van der Waals surface area contributed by atoms with Crippen LogP contribution >= 0.6 is 11.6 Å². The van der Waals surface area contributed by atoms with Crippen LogP contribution in [-0.4, -0.2) is 109 Å². The summed E-state index contributed by atoms with van der Waals surface area (Å²) in [5.41, 5.74) is 14.3. The van der Waals surface area contributed by atoms with E-state index in [-0.39, 0.29) is 30.0 Å². The Morgan fingerprint density at radius 1 is 0.518 bits per heavy atom. The standard InChI is InChI=1S/C9H17NO2.C9H17NO.C9H12O.C8H9Cl.C8H10O.C7H15N.C7H14O.2C7H14.C6H11NO.C6H12.C5H10N2O.C5H10.C2H6N2/c1-2-7-12-9(11)10-8-5-3-4-6-8;1-7-3-5-9(6-4-7)10-8(2)11;1-3-8-4-6-9(10-2)7-5-8;2*1-2-7-3-5-8(9)6-4-7;2*1-6-2-4-7(8)5-3-6;1-7-5-3-2-4-6-7;1-2-7-5-3-4-6-7;1-2-4-7-5-3-6(7)8;1-6-4-2-3-5-6;1-4-2-6-5(8)7-3-4;1-5-3-2-4-5;1-2(3)4/h8H,2-7H2,1H3,(H,10,11);7,9H,3-6H2,1-2H3,(H,10,11);4-7H,3H2,1-2H3;3-6H,2H2,1H3;3-6,9H,2H2,1H3;6-7H,2-5,8H2,1H3;6-8H,2-5H2,1H3;2*7H,2-6H2,1H3;2-5H2,1H3;6H,2-5H2,1H3;4H,2-3H2,1H3,(H2,6,7,8);5H,2-4H2,1H3;1H3,(H3,3,4). The lowest BCUT2D eigenvalue weighted by Crippen LogP contribution is -2.47. The Bertz CT molecular complexity index is 2570. The number of hydrogen-bond donors (Lipinski definition) is 9. The minimum absolute atomic E-state index is 0.0196. The average molecular weight is 1590 g/mol. The summed E-state index contributed by atoms with van der Waals surface area (Å²) in [6.07, 6.45) is 50.3. The molecule has 112 heavy (non-hydrogen) atoms. The van der Waals surface area contributed by atoms with Crippen molar-refractivity contribution in [2.24, 2.45) is 58.8 Å². The number of aliphatic hydroxyl groups is 1. The van der Waals surface area contributed by atoms with Gasteiger partial charge in [-0.2, -0.15) is 0 Å². The lowest BCUT2D eigenvalue weighted by molar-refractivity contribution is -0.139. The van der Waals surface area contributed by atoms with Crippen molar-refractivity contribution in [3.8, 4) is 11.5 Å². The number of halogens is 1. The van der Waals surface area contributed by atoms with E-state index in [1.165, 1.54) is 210 Å². The van der Waals surface area contributed by atoms with Gasteiger partial charge in [0.15, 0.2) is 0 Å². The van der Waals surface area contributed by atoms with E-state index in [1.54, 1.807) is 26.2 Å². The number of amides is 5. The summed E-state index contributed by atoms with van der Waals surface area (Å²) in [6, 6.07) is 24.6. The zero-order valence-electron chi connectivity index (χ0n) is 74.3. The first-order chi connectivity index (χ1) is 53.6. The second-order valence-electron chi connectivity index (χ2n) is 33.8. The fourth-order valence-electron chi connectivity index (χ4n) is 14.0. The fourth-order valence-corrected chi connectivity index (χ4v) is 14.1. The predicted molar refractivity (Wildman–Crippen MR) is 477 cm³/mol. The molecule has 0 atom stereocenters. The van der Waals surface area contributed by atoms with Crippen LogP contribution in [0, 0.1) is 52.8 Å². The number of amidine groups is 1. The molecule has 0 aromatic heterocycles. The van der Waals surface area contributed by atoms with Crippen LogP contribution in [0.3, 0.4) is 0 Å². The molecule has 2 heterocycles. The van der Waals surface area contributed by atoms with Gasteiger partial charge in [0, 0.05) is 62.7 Å². The molecule has 16 nitrogen and oxygen atoms in total. The molecule has 3 aromatic rings. The number of hydrogen-bond acceptors (Lipinski definition) is 10. The van der Waals surface area contributed by atoms with Gasteiger partial charge in [0.25, 0.3) is 0 Å². The molecule has 8 aliphatic carbocycles. The van der Waals surface area contributed by atoms with Gasteiger partial charge < -0.3 is 57.3 Å². The number of carbonyl (C=O) groups is 4. The Balaban J connectivity index is 0.00000119. The number of phenols is 1. The maximum atomic E-state index is 11.0. The molecule has 5 amide bonds. The van der Waals surface area contributed by atoms with Crippen LogP contribution in [0.5, 0.6) is 11.5 Å². The van der Waals surface area contributed by atoms with Crippen molar-refractivity contribution in [1.82, 2.24) is 26.2 Å². The molecule has 13 rings (SSSR count). The molecule has 10 aliphatic rings. The lowest BCUT2D eigenvalue weighted by Gasteiger charge is -2.29. The number of aryl methyl sites for hydroxylation is 3. The van der Waals surface area contributed by atoms with Crippen molar-refractivity contribution < 1.29 is 38.9 Å². The molecule has 2 aliphatic heterocycles. The molecular formula is C95H171ClN8O8. The van der Waals surface area contributed by atoms with E-state index in [0.717, 1.165) is 143 Å². The molecule has 8 saturated carbocycles. The third kappa shape index (κ3) is 62.7. The number of phenolic OH excluding ortho intramolecular Hbond substituents is 1. The largest absolute Gasteiger partial charge is 0.508 e. The molecule has 646 valence electrons. The molecule has 3 aromatic carbocycles. The quantitative estimate of drug-likeness (QED) is 0.0498. The van der Waals surface area contributed by atoms with Crippen molar-refractivity contribution in [3.63, 3.8) is 0 Å². The first kappa shape index (κ1) is 106. The fraction of sp³-hybridized carbons (Fsp3) is 0.758. The number of likely N-dealkylation sites (tertiary alicyclic amines) is 1. The summed E-state index contributed by atoms with van der Waals surface area (Å²) in [5, 5.41) is 36.1. The normalized spacial score (nSPS) is 21.7. The number of β-lactam (4-membered cyclic amide) rings is 1. The Morgan fingerprint density at radius 3 is 1.21 bits per heavy atom. The van der Waals surface area contributed by atoms with Crippen molar-refractivity contribution in [2.75, 3.05) is 39.9 Å². The van der Waals surface area contributed by atoms with E-state index in [9.17, 15) is 19.2 Å². The molecule has 10 fully saturated rings. The highest BCUT2D eigenvalue weighted by atomic mass is 35.5. The van der Waals surface area contributed by atoms with Crippen molar-refractivity contribution in [2.45, 2.75) is 378 Å². The molecule has 0 unspecified atom stereocenters. The van der Waals surface area contributed by atoms with E-state index in [2.05, 4.69) is 116 Å². The minimum atomic E-state index is -0.247. The van der Waals surface area contributed by atoms with Gasteiger partial charge in [0.1, 0.15) is 11.5 Å². The highest BCUT2D eigenvalue weighted by Crippen LogP contribution is 2.29. The Kier molecular flexibility index (Phi) is 66.2. The van der Waals surface area contributed by atoms with E-state index in [4.69, 9.17) is 48.2 Å². The number of urea groups is 1. The summed E-state index contributed by atoms with van der Waals surface area (Å²) >= 11 is 5.67. The number of aliphatic hydroxyl groups excluding tert-OH is 1. The Labute approximate surface area is 691 Å². The second kappa shape index (κ2) is 69.7. The number of aromatic hydroxyl groups is 1. The molecule has 0 bridgehead atoms. The van der Waals surface area contributed by atoms with Crippen molar-refractivity contribution in [3.05, 3.63) is 94.5 Å². The first-order valence-electron chi connectivity index (χ1n) is 45.0. The van der Waals surface area contributed by atoms with Gasteiger partial charge in [0.2, 0.25) is 11.8 Å². The molecule has 0 radical (unpaired) electrons. The summed E-state index contributed by atoms with van der Waals surface area (Å²) in [6.45, 7) is 35.9. The van der Waals surface area contributed by atoms with Crippen LogP contribution in [0.4, 0.5) is 9.59 Å². The SMILES string of the molecule is CC(=N)N.CC(=O)NC1CCC(C)CC1.CC1CCC(N)CC1.CC1CCC(O)CC1.CC1CCC1.CC1CCCC1.CC1CCCCC1.CC1CNC(=O)NC1.CCC1CCCC1.CCCN1CCC1=O.CCCOC(=O)NC1CCCC1.CCc1ccc(Cl)cc1.CCc1ccc(O)cc1.CCc1ccc(OC)cc1. The van der Waals surface area contributed by atoms with E-state index in [1.807, 2.05) is 60.4 Å². The Morgan fingerprint density at radius 2 is 0.902 bits per heavy atom. The number of nitrogens with one attached hydrogen (secondary N) is 5. The summed E-state index contributed by atoms with van der Waals surface area (Å²) in [5.74, 6) is 9.36. The van der Waals surface area contributed by atoms with E-state index < -0.39 is 0 Å². The predicted octanol–water partition coefficient (Wildman–Crippen LogP) is 23.6. The third-order valence-electron chi connectivity index (χ3n) is 22.5. The number of alkyl carbamates (subject to hydrolysis) is 1. The maximum absolute atomic E-state index is 11.0. The minimum Gasteiger partial charge on any atom is -0.508 e. The molecule has 11 N–H and O–H groups in total. The number of carbonyl (C=O) groups excluding carboxylic acids is 4. The monoisotopic (exact) mass is 1590 g/mol. The van der Waals surface area contributed by atoms with Gasteiger partial charge in [-0.05, 0) is 229 Å². The average Bonchev–Trinajstić information content (AvgIpc) is 1.31. The molecule has 0 spiro atoms. The van der Waals surface area contributed by atoms with Crippen molar-refractivity contribution in [1.29, 1.82) is 5.41 Å². The summed E-state index contributed by atoms with van der Waals surface area (Å²) < 4.78 is 9.92. The number of benzene rings is 3. The van der Waals surface area contributed by atoms with E-state index in [0.29, 0.717) is 42.3 Å². The van der Waals surface area contributed by atoms with Gasteiger partial charge in [0.05, 0.1) is 25.7 Å². The van der Waals surface area contributed by atoms with Gasteiger partial charge >= 0.3 is 12.1 Å². The zero-order valence-corrected chi connectivity index (χ0v) is 75.0. The maximum Gasteiger partial charge on any atom is 0.407 e. The third-order valence-corrected chi connectivity index (χ3v) is 22.7. The number of nitrogens with zero attached hydrogens (tertiary/aromatic N) is 1. The highest BCUT2D eigenvalue weighted by Gasteiger charge is 2.23. The van der Waals surface area contributed by atoms with E-state index >= 15 is 0 Å². The lowest BCUT2D eigenvalue weighted by atomic mass is 9.87. The summed E-state index contributed by atoms with van der Waals surface area (Å²) in [4.78, 5) is 44.5. The molecular weight excluding hydrogens is 1420 g/mol. The smallest absolute Gasteiger partial charge is 0.407 e. The van der Waals surface area contributed by atoms with Crippen LogP contribution in [0.1, 0.15) is 352 Å². The number of rotatable bonds is 11. The van der Waals surface area contributed by atoms with Crippen LogP contribution < -0.4 is 37.5 Å². The van der Waals surface area contributed by atoms with Crippen LogP contribution in [-0.2, 0) is 33.6 Å². The molecule has 2 saturated heterocycles. The van der Waals surface area contributed by atoms with Gasteiger partial charge in [-0.3, -0.25) is 15.0 Å². The summed E-state index contributed by atoms with van der Waals surface area (Å²) in [7, 11) is 1.68. The number of methoxy groups -OCH3 is 1. The second-order valence-corrected chi connectivity index (χ2v) is 34.2. The topological polar surface area (TPSA) is 254 Å². The van der Waals surface area contributed by atoms with Crippen LogP contribution in [0.2, 0.25) is 5.02 Å². The van der Waals surface area contributed by atoms with Crippen LogP contribution in [0.25, 0.3) is 0 Å². The van der Waals surface area contributed by atoms with Crippen LogP contribution in [0.15, 0.2) is 72.8 Å². The van der Waals surface area contributed by atoms with Crippen molar-refractivity contribution >= 4 is 41.4 Å². The van der Waals surface area contributed by atoms with Gasteiger partial charge in [-0.25, -0.2) is 9.59 Å². The van der Waals surface area contributed by atoms with Gasteiger partial charge in [-0.15, -0.1) is 0 Å². The zero-order chi connectivity index (χ0) is 83.7. The van der Waals surface area contributed by atoms with Gasteiger partial charge in [-0.1, -0.05) is 260 Å².